The van der Waals surface area contributed by atoms with Crippen LogP contribution in [0.5, 0.6) is 11.5 Å². The van der Waals surface area contributed by atoms with E-state index in [0.29, 0.717) is 29.1 Å². The molecule has 0 amide bonds. The predicted molar refractivity (Wildman–Crippen MR) is 125 cm³/mol. The topological polar surface area (TPSA) is 67.8 Å². The molecule has 1 aliphatic carbocycles. The van der Waals surface area contributed by atoms with Gasteiger partial charge in [-0.3, -0.25) is 0 Å². The first-order chi connectivity index (χ1) is 15.0. The van der Waals surface area contributed by atoms with Gasteiger partial charge in [0.1, 0.15) is 12.9 Å². The van der Waals surface area contributed by atoms with Crippen molar-refractivity contribution in [1.29, 1.82) is 0 Å². The normalized spacial score (nSPS) is 15.2. The van der Waals surface area contributed by atoms with Crippen LogP contribution >= 0.6 is 11.6 Å². The first-order valence-electron chi connectivity index (χ1n) is 10.8. The number of ether oxygens (including phenoxy) is 2. The first-order valence-corrected chi connectivity index (χ1v) is 11.2. The standard InChI is InChI=1S/C24H32ClNO3.CH2O/c1-16(2)29-23-14-21(24(27)17-9-11-19(25)12-10-17)18(13-22(23)28-3)15-26-20-7-5-4-6-8-20;1-2/h9-14,16,20,24,26-27H,4-8,15H2,1-3H3;1H2. The van der Waals surface area contributed by atoms with Gasteiger partial charge in [-0.25, -0.2) is 0 Å². The van der Waals surface area contributed by atoms with Gasteiger partial charge in [0, 0.05) is 17.6 Å². The summed E-state index contributed by atoms with van der Waals surface area (Å²) in [4.78, 5) is 8.00. The first kappa shape index (κ1) is 25.2. The summed E-state index contributed by atoms with van der Waals surface area (Å²) in [7, 11) is 1.65. The quantitative estimate of drug-likeness (QED) is 0.562. The number of hydrogen-bond acceptors (Lipinski definition) is 5. The summed E-state index contributed by atoms with van der Waals surface area (Å²) in [5.74, 6) is 1.33. The Labute approximate surface area is 190 Å². The van der Waals surface area contributed by atoms with Gasteiger partial charge in [0.05, 0.1) is 13.2 Å². The number of nitrogens with one attached hydrogen (secondary N) is 1. The van der Waals surface area contributed by atoms with Gasteiger partial charge in [-0.15, -0.1) is 0 Å². The highest BCUT2D eigenvalue weighted by Gasteiger charge is 2.21. The van der Waals surface area contributed by atoms with Crippen molar-refractivity contribution in [3.05, 3.63) is 58.1 Å². The van der Waals surface area contributed by atoms with Crippen molar-refractivity contribution in [1.82, 2.24) is 5.32 Å². The summed E-state index contributed by atoms with van der Waals surface area (Å²) in [6.07, 6.45) is 5.55. The largest absolute Gasteiger partial charge is 0.493 e. The Morgan fingerprint density at radius 1 is 1.10 bits per heavy atom. The second-order valence-corrected chi connectivity index (χ2v) is 8.47. The van der Waals surface area contributed by atoms with E-state index in [4.69, 9.17) is 25.9 Å². The molecule has 2 aromatic carbocycles. The van der Waals surface area contributed by atoms with E-state index in [1.165, 1.54) is 32.1 Å². The van der Waals surface area contributed by atoms with Gasteiger partial charge >= 0.3 is 0 Å². The summed E-state index contributed by atoms with van der Waals surface area (Å²) >= 11 is 6.02. The molecule has 6 heteroatoms. The van der Waals surface area contributed by atoms with Crippen molar-refractivity contribution in [3.8, 4) is 11.5 Å². The molecule has 0 heterocycles. The van der Waals surface area contributed by atoms with Crippen LogP contribution in [0.15, 0.2) is 36.4 Å². The van der Waals surface area contributed by atoms with Gasteiger partial charge in [0.15, 0.2) is 11.5 Å². The van der Waals surface area contributed by atoms with E-state index in [0.717, 1.165) is 16.7 Å². The molecule has 0 saturated heterocycles. The van der Waals surface area contributed by atoms with Crippen LogP contribution in [0.1, 0.15) is 68.7 Å². The number of hydrogen-bond donors (Lipinski definition) is 2. The summed E-state index contributed by atoms with van der Waals surface area (Å²) < 4.78 is 11.5. The summed E-state index contributed by atoms with van der Waals surface area (Å²) in [5.41, 5.74) is 2.65. The van der Waals surface area contributed by atoms with Gasteiger partial charge in [-0.2, -0.15) is 0 Å². The van der Waals surface area contributed by atoms with E-state index in [9.17, 15) is 5.11 Å². The maximum absolute atomic E-state index is 11.2. The minimum Gasteiger partial charge on any atom is -0.493 e. The Kier molecular flexibility index (Phi) is 10.3. The van der Waals surface area contributed by atoms with E-state index in [2.05, 4.69) is 5.32 Å². The lowest BCUT2D eigenvalue weighted by Gasteiger charge is -2.25. The van der Waals surface area contributed by atoms with Crippen molar-refractivity contribution >= 4 is 18.4 Å². The van der Waals surface area contributed by atoms with E-state index in [1.807, 2.05) is 44.9 Å². The molecule has 0 bridgehead atoms. The second kappa shape index (κ2) is 12.7. The number of carbonyl (C=O) groups excluding carboxylic acids is 1. The third-order valence-corrected chi connectivity index (χ3v) is 5.71. The molecule has 3 rings (SSSR count). The number of aliphatic hydroxyl groups is 1. The molecule has 0 aromatic heterocycles. The van der Waals surface area contributed by atoms with E-state index in [1.54, 1.807) is 19.2 Å². The molecule has 0 aliphatic heterocycles. The van der Waals surface area contributed by atoms with E-state index < -0.39 is 6.10 Å². The number of carbonyl (C=O) groups is 1. The van der Waals surface area contributed by atoms with Crippen LogP contribution in [-0.4, -0.2) is 31.2 Å². The minimum atomic E-state index is -0.768. The molecule has 170 valence electrons. The van der Waals surface area contributed by atoms with Gasteiger partial charge < -0.3 is 24.7 Å². The maximum Gasteiger partial charge on any atom is 0.161 e. The second-order valence-electron chi connectivity index (χ2n) is 8.04. The number of rotatable bonds is 8. The Hall–Kier alpha value is -2.08. The van der Waals surface area contributed by atoms with Crippen LogP contribution in [0.4, 0.5) is 0 Å². The van der Waals surface area contributed by atoms with Crippen molar-refractivity contribution in [3.63, 3.8) is 0 Å². The van der Waals surface area contributed by atoms with Gasteiger partial charge in [0.2, 0.25) is 0 Å². The van der Waals surface area contributed by atoms with Crippen molar-refractivity contribution in [2.75, 3.05) is 7.11 Å². The molecule has 0 spiro atoms. The van der Waals surface area contributed by atoms with Crippen LogP contribution in [0.3, 0.4) is 0 Å². The van der Waals surface area contributed by atoms with Crippen LogP contribution in [0, 0.1) is 0 Å². The molecule has 1 saturated carbocycles. The highest BCUT2D eigenvalue weighted by atomic mass is 35.5. The molecule has 2 N–H and O–H groups in total. The zero-order valence-corrected chi connectivity index (χ0v) is 19.5. The Balaban J connectivity index is 0.00000166. The molecular weight excluding hydrogens is 414 g/mol. The van der Waals surface area contributed by atoms with E-state index >= 15 is 0 Å². The Morgan fingerprint density at radius 2 is 1.74 bits per heavy atom. The molecule has 2 aromatic rings. The third-order valence-electron chi connectivity index (χ3n) is 5.45. The SMILES string of the molecule is C=O.COc1cc(CNC2CCCCC2)c(C(O)c2ccc(Cl)cc2)cc1OC(C)C. The maximum atomic E-state index is 11.2. The van der Waals surface area contributed by atoms with E-state index in [-0.39, 0.29) is 6.10 Å². The highest BCUT2D eigenvalue weighted by Crippen LogP contribution is 2.36. The Morgan fingerprint density at radius 3 is 2.32 bits per heavy atom. The van der Waals surface area contributed by atoms with Gasteiger partial charge in [-0.1, -0.05) is 43.0 Å². The fourth-order valence-electron chi connectivity index (χ4n) is 3.92. The summed E-state index contributed by atoms with van der Waals surface area (Å²) in [6.45, 7) is 6.64. The molecular formula is C25H34ClNO4. The lowest BCUT2D eigenvalue weighted by atomic mass is 9.93. The molecule has 31 heavy (non-hydrogen) atoms. The third kappa shape index (κ3) is 7.23. The number of aliphatic hydroxyl groups excluding tert-OH is 1. The lowest BCUT2D eigenvalue weighted by molar-refractivity contribution is -0.0979. The smallest absolute Gasteiger partial charge is 0.161 e. The van der Waals surface area contributed by atoms with Crippen molar-refractivity contribution < 1.29 is 19.4 Å². The molecule has 5 nitrogen and oxygen atoms in total. The van der Waals surface area contributed by atoms with Crippen molar-refractivity contribution in [2.45, 2.75) is 70.7 Å². The average Bonchev–Trinajstić information content (AvgIpc) is 2.79. The van der Waals surface area contributed by atoms with Crippen LogP contribution in [-0.2, 0) is 11.3 Å². The monoisotopic (exact) mass is 447 g/mol. The molecule has 1 fully saturated rings. The van der Waals surface area contributed by atoms with Gasteiger partial charge in [0.25, 0.3) is 0 Å². The molecule has 0 radical (unpaired) electrons. The minimum absolute atomic E-state index is 0.00985. The van der Waals surface area contributed by atoms with Gasteiger partial charge in [-0.05, 0) is 67.6 Å². The van der Waals surface area contributed by atoms with Crippen molar-refractivity contribution in [2.24, 2.45) is 0 Å². The number of methoxy groups -OCH3 is 1. The number of benzene rings is 2. The van der Waals surface area contributed by atoms with Crippen LogP contribution in [0.25, 0.3) is 0 Å². The molecule has 1 aliphatic rings. The summed E-state index contributed by atoms with van der Waals surface area (Å²) in [6, 6.07) is 11.8. The molecule has 1 unspecified atom stereocenters. The van der Waals surface area contributed by atoms with Crippen LogP contribution in [0.2, 0.25) is 5.02 Å². The average molecular weight is 448 g/mol. The highest BCUT2D eigenvalue weighted by molar-refractivity contribution is 6.30. The fourth-order valence-corrected chi connectivity index (χ4v) is 4.04. The predicted octanol–water partition coefficient (Wildman–Crippen LogP) is 5.45. The fraction of sp³-hybridized carbons (Fsp3) is 0.480. The summed E-state index contributed by atoms with van der Waals surface area (Å²) in [5, 5.41) is 15.5. The molecule has 1 atom stereocenters. The zero-order chi connectivity index (χ0) is 22.8. The Bertz CT molecular complexity index is 804. The lowest BCUT2D eigenvalue weighted by Crippen LogP contribution is -2.31. The zero-order valence-electron chi connectivity index (χ0n) is 18.7. The number of halogens is 1. The van der Waals surface area contributed by atoms with Crippen LogP contribution < -0.4 is 14.8 Å².